The Morgan fingerprint density at radius 1 is 1.14 bits per heavy atom. The first-order valence-corrected chi connectivity index (χ1v) is 11.2. The van der Waals surface area contributed by atoms with Gasteiger partial charge in [-0.25, -0.2) is 8.42 Å². The molecule has 1 aliphatic heterocycles. The first-order valence-electron chi connectivity index (χ1n) is 8.78. The van der Waals surface area contributed by atoms with Crippen molar-refractivity contribution < 1.29 is 22.7 Å². The van der Waals surface area contributed by atoms with E-state index in [1.165, 1.54) is 35.6 Å². The van der Waals surface area contributed by atoms with Crippen LogP contribution in [0, 0.1) is 0 Å². The average Bonchev–Trinajstić information content (AvgIpc) is 3.28. The summed E-state index contributed by atoms with van der Waals surface area (Å²) < 4.78 is 37.6. The lowest BCUT2D eigenvalue weighted by molar-refractivity contribution is 0.0997. The van der Waals surface area contributed by atoms with Crippen LogP contribution in [0.15, 0.2) is 46.3 Å². The summed E-state index contributed by atoms with van der Waals surface area (Å²) in [5, 5.41) is 0. The van der Waals surface area contributed by atoms with Gasteiger partial charge >= 0.3 is 0 Å². The van der Waals surface area contributed by atoms with Crippen molar-refractivity contribution in [1.82, 2.24) is 4.57 Å². The van der Waals surface area contributed by atoms with E-state index in [0.717, 1.165) is 10.2 Å². The Hall–Kier alpha value is -2.65. The van der Waals surface area contributed by atoms with Gasteiger partial charge in [0.1, 0.15) is 0 Å². The number of amides is 1. The van der Waals surface area contributed by atoms with Gasteiger partial charge in [0.25, 0.3) is 5.91 Å². The third-order valence-corrected chi connectivity index (χ3v) is 7.32. The molecule has 0 aliphatic carbocycles. The van der Waals surface area contributed by atoms with Gasteiger partial charge in [-0.15, -0.1) is 0 Å². The van der Waals surface area contributed by atoms with Crippen molar-refractivity contribution >= 4 is 37.3 Å². The number of hydrogen-bond donors (Lipinski definition) is 0. The molecule has 4 rings (SSSR count). The minimum atomic E-state index is -3.30. The molecule has 0 fully saturated rings. The number of sulfone groups is 1. The van der Waals surface area contributed by atoms with Gasteiger partial charge in [0.2, 0.25) is 6.79 Å². The topological polar surface area (TPSA) is 87.0 Å². The zero-order valence-electron chi connectivity index (χ0n) is 15.3. The zero-order chi connectivity index (χ0) is 19.9. The Labute approximate surface area is 165 Å². The molecular formula is C19H18N2O5S2. The number of rotatable bonds is 4. The summed E-state index contributed by atoms with van der Waals surface area (Å²) in [4.78, 5) is 17.6. The molecule has 0 atom stereocenters. The first-order chi connectivity index (χ1) is 13.4. The second-order valence-electron chi connectivity index (χ2n) is 6.15. The molecule has 3 aromatic rings. The fourth-order valence-electron chi connectivity index (χ4n) is 2.97. The molecule has 9 heteroatoms. The minimum absolute atomic E-state index is 0.0142. The Morgan fingerprint density at radius 3 is 2.46 bits per heavy atom. The maximum Gasteiger partial charge on any atom is 0.279 e. The molecule has 0 radical (unpaired) electrons. The van der Waals surface area contributed by atoms with Crippen molar-refractivity contribution in [2.24, 2.45) is 4.99 Å². The third-order valence-electron chi connectivity index (χ3n) is 4.53. The van der Waals surface area contributed by atoms with Crippen molar-refractivity contribution in [2.75, 3.05) is 12.5 Å². The predicted molar refractivity (Wildman–Crippen MR) is 106 cm³/mol. The van der Waals surface area contributed by atoms with E-state index in [4.69, 9.17) is 9.47 Å². The van der Waals surface area contributed by atoms with E-state index in [2.05, 4.69) is 4.99 Å². The highest BCUT2D eigenvalue weighted by atomic mass is 32.2. The quantitative estimate of drug-likeness (QED) is 0.650. The summed E-state index contributed by atoms with van der Waals surface area (Å²) in [6, 6.07) is 9.66. The highest BCUT2D eigenvalue weighted by Gasteiger charge is 2.18. The molecule has 0 bridgehead atoms. The maximum atomic E-state index is 12.6. The fourth-order valence-corrected chi connectivity index (χ4v) is 4.96. The van der Waals surface area contributed by atoms with E-state index in [-0.39, 0.29) is 17.4 Å². The standard InChI is InChI=1S/C19H18N2O5S2/c1-3-21-14-9-15-16(26-11-25-15)10-17(14)27-19(21)20-18(22)12-5-7-13(8-6-12)28(23,24)4-2/h5-10H,3-4,11H2,1-2H3. The summed E-state index contributed by atoms with van der Waals surface area (Å²) in [5.74, 6) is 0.954. The Balaban J connectivity index is 1.74. The molecule has 1 aliphatic rings. The number of ether oxygens (including phenoxy) is 2. The van der Waals surface area contributed by atoms with Crippen LogP contribution in [0.1, 0.15) is 24.2 Å². The second kappa shape index (κ2) is 7.06. The van der Waals surface area contributed by atoms with Crippen molar-refractivity contribution in [2.45, 2.75) is 25.3 Å². The van der Waals surface area contributed by atoms with Crippen LogP contribution in [-0.4, -0.2) is 31.4 Å². The summed E-state index contributed by atoms with van der Waals surface area (Å²) in [5.41, 5.74) is 1.26. The summed E-state index contributed by atoms with van der Waals surface area (Å²) in [7, 11) is -3.30. The van der Waals surface area contributed by atoms with Crippen molar-refractivity contribution in [3.8, 4) is 11.5 Å². The zero-order valence-corrected chi connectivity index (χ0v) is 17.0. The Kier molecular flexibility index (Phi) is 4.72. The largest absolute Gasteiger partial charge is 0.454 e. The molecular weight excluding hydrogens is 400 g/mol. The van der Waals surface area contributed by atoms with Crippen molar-refractivity contribution in [3.05, 3.63) is 46.8 Å². The fraction of sp³-hybridized carbons (Fsp3) is 0.263. The Bertz CT molecular complexity index is 1240. The van der Waals surface area contributed by atoms with E-state index >= 15 is 0 Å². The van der Waals surface area contributed by atoms with Gasteiger partial charge in [0.15, 0.2) is 26.1 Å². The van der Waals surface area contributed by atoms with Gasteiger partial charge in [-0.05, 0) is 31.2 Å². The molecule has 2 aromatic carbocycles. The van der Waals surface area contributed by atoms with Gasteiger partial charge < -0.3 is 14.0 Å². The van der Waals surface area contributed by atoms with Gasteiger partial charge in [0, 0.05) is 24.2 Å². The van der Waals surface area contributed by atoms with E-state index in [1.807, 2.05) is 23.6 Å². The SMILES string of the molecule is CCn1c(=NC(=O)c2ccc(S(=O)(=O)CC)cc2)sc2cc3c(cc21)OCO3. The highest BCUT2D eigenvalue weighted by Crippen LogP contribution is 2.36. The molecule has 0 saturated heterocycles. The van der Waals surface area contributed by atoms with Crippen LogP contribution in [-0.2, 0) is 16.4 Å². The highest BCUT2D eigenvalue weighted by molar-refractivity contribution is 7.91. The molecule has 2 heterocycles. The molecule has 146 valence electrons. The molecule has 0 saturated carbocycles. The lowest BCUT2D eigenvalue weighted by Crippen LogP contribution is -2.16. The molecule has 1 amide bonds. The number of thiazole rings is 1. The summed E-state index contributed by atoms with van der Waals surface area (Å²) in [6.07, 6.45) is 0. The van der Waals surface area contributed by atoms with Crippen LogP contribution in [0.5, 0.6) is 11.5 Å². The van der Waals surface area contributed by atoms with Crippen LogP contribution in [0.25, 0.3) is 10.2 Å². The number of hydrogen-bond acceptors (Lipinski definition) is 6. The van der Waals surface area contributed by atoms with Crippen LogP contribution in [0.4, 0.5) is 0 Å². The summed E-state index contributed by atoms with van der Waals surface area (Å²) in [6.45, 7) is 4.41. The number of fused-ring (bicyclic) bond motifs is 2. The second-order valence-corrected chi connectivity index (χ2v) is 9.43. The van der Waals surface area contributed by atoms with Gasteiger partial charge in [-0.3, -0.25) is 4.79 Å². The number of aromatic nitrogens is 1. The molecule has 28 heavy (non-hydrogen) atoms. The van der Waals surface area contributed by atoms with Crippen molar-refractivity contribution in [3.63, 3.8) is 0 Å². The van der Waals surface area contributed by atoms with E-state index in [9.17, 15) is 13.2 Å². The number of carbonyl (C=O) groups is 1. The number of aryl methyl sites for hydroxylation is 1. The van der Waals surface area contributed by atoms with Gasteiger partial charge in [0.05, 0.1) is 20.9 Å². The van der Waals surface area contributed by atoms with Crippen LogP contribution in [0.3, 0.4) is 0 Å². The van der Waals surface area contributed by atoms with Gasteiger partial charge in [-0.2, -0.15) is 4.99 Å². The molecule has 1 aromatic heterocycles. The van der Waals surface area contributed by atoms with Gasteiger partial charge in [-0.1, -0.05) is 18.3 Å². The molecule has 7 nitrogen and oxygen atoms in total. The predicted octanol–water partition coefficient (Wildman–Crippen LogP) is 2.99. The number of benzene rings is 2. The molecule has 0 spiro atoms. The monoisotopic (exact) mass is 418 g/mol. The minimum Gasteiger partial charge on any atom is -0.454 e. The normalized spacial score (nSPS) is 14.0. The molecule has 0 N–H and O–H groups in total. The van der Waals surface area contributed by atoms with E-state index in [0.29, 0.717) is 28.4 Å². The number of carbonyl (C=O) groups excluding carboxylic acids is 1. The summed E-state index contributed by atoms with van der Waals surface area (Å²) >= 11 is 1.39. The van der Waals surface area contributed by atoms with Crippen LogP contribution < -0.4 is 14.3 Å². The maximum absolute atomic E-state index is 12.6. The van der Waals surface area contributed by atoms with E-state index < -0.39 is 15.7 Å². The molecule has 0 unspecified atom stereocenters. The Morgan fingerprint density at radius 2 is 1.82 bits per heavy atom. The third kappa shape index (κ3) is 3.20. The lowest BCUT2D eigenvalue weighted by Gasteiger charge is -2.03. The number of nitrogens with zero attached hydrogens (tertiary/aromatic N) is 2. The average molecular weight is 418 g/mol. The smallest absolute Gasteiger partial charge is 0.279 e. The van der Waals surface area contributed by atoms with Crippen LogP contribution in [0.2, 0.25) is 0 Å². The van der Waals surface area contributed by atoms with E-state index in [1.54, 1.807) is 6.92 Å². The lowest BCUT2D eigenvalue weighted by atomic mass is 10.2. The van der Waals surface area contributed by atoms with Crippen LogP contribution >= 0.6 is 11.3 Å². The first kappa shape index (κ1) is 18.7. The van der Waals surface area contributed by atoms with Crippen molar-refractivity contribution in [1.29, 1.82) is 0 Å².